The van der Waals surface area contributed by atoms with Gasteiger partial charge in [0.15, 0.2) is 0 Å². The van der Waals surface area contributed by atoms with Gasteiger partial charge in [0.25, 0.3) is 0 Å². The fourth-order valence-electron chi connectivity index (χ4n) is 2.47. The van der Waals surface area contributed by atoms with E-state index in [-0.39, 0.29) is 0 Å². The van der Waals surface area contributed by atoms with Crippen LogP contribution >= 0.6 is 35.4 Å². The van der Waals surface area contributed by atoms with Crippen molar-refractivity contribution in [2.75, 3.05) is 5.43 Å². The molecule has 0 saturated carbocycles. The van der Waals surface area contributed by atoms with Crippen LogP contribution in [0.5, 0.6) is 5.75 Å². The Morgan fingerprint density at radius 3 is 2.58 bits per heavy atom. The summed E-state index contributed by atoms with van der Waals surface area (Å²) in [6, 6.07) is 11.7. The lowest BCUT2D eigenvalue weighted by Crippen LogP contribution is -2.16. The number of H-pyrrole nitrogens is 1. The molecule has 0 amide bonds. The summed E-state index contributed by atoms with van der Waals surface area (Å²) in [6.45, 7) is 4.74. The fraction of sp³-hybridized carbons (Fsp3) is 0.222. The quantitative estimate of drug-likeness (QED) is 0.551. The van der Waals surface area contributed by atoms with E-state index in [0.29, 0.717) is 33.7 Å². The monoisotopic (exact) mass is 408 g/mol. The largest absolute Gasteiger partial charge is 0.487 e. The number of aromatic amines is 1. The zero-order valence-corrected chi connectivity index (χ0v) is 16.7. The molecule has 0 spiro atoms. The molecule has 0 bridgehead atoms. The minimum Gasteiger partial charge on any atom is -0.487 e. The predicted molar refractivity (Wildman–Crippen MR) is 107 cm³/mol. The third kappa shape index (κ3) is 4.38. The third-order valence-corrected chi connectivity index (χ3v) is 4.63. The normalized spacial score (nSPS) is 10.8. The number of hydrogen-bond acceptors (Lipinski definition) is 4. The van der Waals surface area contributed by atoms with Crippen LogP contribution in [0.1, 0.15) is 22.5 Å². The van der Waals surface area contributed by atoms with E-state index in [1.807, 2.05) is 44.2 Å². The maximum absolute atomic E-state index is 6.37. The van der Waals surface area contributed by atoms with Crippen molar-refractivity contribution in [3.63, 3.8) is 0 Å². The second-order valence-corrected chi connectivity index (χ2v) is 7.13. The first kappa shape index (κ1) is 18.8. The molecule has 0 unspecified atom stereocenters. The van der Waals surface area contributed by atoms with Crippen molar-refractivity contribution in [2.45, 2.75) is 27.0 Å². The zero-order chi connectivity index (χ0) is 18.7. The highest BCUT2D eigenvalue weighted by molar-refractivity contribution is 7.71. The molecule has 26 heavy (non-hydrogen) atoms. The molecule has 0 aliphatic carbocycles. The molecular weight excluding hydrogens is 391 g/mol. The molecule has 3 rings (SSSR count). The van der Waals surface area contributed by atoms with Crippen molar-refractivity contribution < 1.29 is 4.74 Å². The standard InChI is InChI=1S/C18H18Cl2N4OS/c1-11-3-5-13(6-4-11)10-25-17-14(7-15(19)8-16(17)20)9-21-24-12(2)22-23-18(24)26/h3-8,21H,9-10H2,1-2H3,(H,23,26). The summed E-state index contributed by atoms with van der Waals surface area (Å²) in [5.41, 5.74) is 6.30. The van der Waals surface area contributed by atoms with E-state index in [1.165, 1.54) is 5.56 Å². The van der Waals surface area contributed by atoms with Crippen molar-refractivity contribution in [3.8, 4) is 5.75 Å². The number of rotatable bonds is 6. The lowest BCUT2D eigenvalue weighted by atomic mass is 10.1. The lowest BCUT2D eigenvalue weighted by Gasteiger charge is -2.16. The minimum atomic E-state index is 0.415. The van der Waals surface area contributed by atoms with Crippen LogP contribution in [0, 0.1) is 18.6 Å². The molecule has 0 radical (unpaired) electrons. The first-order chi connectivity index (χ1) is 12.4. The van der Waals surface area contributed by atoms with Crippen molar-refractivity contribution in [1.29, 1.82) is 0 Å². The Hall–Kier alpha value is -2.02. The molecule has 1 aromatic heterocycles. The van der Waals surface area contributed by atoms with Crippen molar-refractivity contribution in [2.24, 2.45) is 0 Å². The van der Waals surface area contributed by atoms with Gasteiger partial charge < -0.3 is 10.2 Å². The zero-order valence-electron chi connectivity index (χ0n) is 14.3. The second-order valence-electron chi connectivity index (χ2n) is 5.90. The molecule has 0 aliphatic rings. The lowest BCUT2D eigenvalue weighted by molar-refractivity contribution is 0.303. The molecular formula is C18H18Cl2N4OS. The molecule has 0 atom stereocenters. The number of benzene rings is 2. The number of ether oxygens (including phenoxy) is 1. The maximum Gasteiger partial charge on any atom is 0.214 e. The number of aryl methyl sites for hydroxylation is 2. The van der Waals surface area contributed by atoms with Gasteiger partial charge in [0.2, 0.25) is 4.77 Å². The van der Waals surface area contributed by atoms with Gasteiger partial charge in [-0.3, -0.25) is 5.10 Å². The number of nitrogens with one attached hydrogen (secondary N) is 2. The highest BCUT2D eigenvalue weighted by Crippen LogP contribution is 2.33. The van der Waals surface area contributed by atoms with Crippen LogP contribution in [0.2, 0.25) is 10.0 Å². The van der Waals surface area contributed by atoms with E-state index in [2.05, 4.69) is 15.6 Å². The minimum absolute atomic E-state index is 0.415. The van der Waals surface area contributed by atoms with E-state index in [0.717, 1.165) is 17.0 Å². The Morgan fingerprint density at radius 2 is 1.92 bits per heavy atom. The predicted octanol–water partition coefficient (Wildman–Crippen LogP) is 5.19. The van der Waals surface area contributed by atoms with Gasteiger partial charge in [0.1, 0.15) is 18.2 Å². The van der Waals surface area contributed by atoms with E-state index < -0.39 is 0 Å². The highest BCUT2D eigenvalue weighted by atomic mass is 35.5. The molecule has 2 aromatic carbocycles. The van der Waals surface area contributed by atoms with E-state index in [1.54, 1.807) is 10.7 Å². The Kier molecular flexibility index (Phi) is 5.86. The van der Waals surface area contributed by atoms with Crippen LogP contribution in [-0.2, 0) is 13.2 Å². The third-order valence-electron chi connectivity index (χ3n) is 3.86. The fourth-order valence-corrected chi connectivity index (χ4v) is 3.30. The summed E-state index contributed by atoms with van der Waals surface area (Å²) < 4.78 is 8.16. The summed E-state index contributed by atoms with van der Waals surface area (Å²) in [4.78, 5) is 0. The average molecular weight is 409 g/mol. The molecule has 8 heteroatoms. The molecule has 2 N–H and O–H groups in total. The summed E-state index contributed by atoms with van der Waals surface area (Å²) in [7, 11) is 0. The molecule has 0 fully saturated rings. The van der Waals surface area contributed by atoms with Crippen molar-refractivity contribution in [3.05, 3.63) is 73.7 Å². The van der Waals surface area contributed by atoms with Gasteiger partial charge in [0.05, 0.1) is 11.6 Å². The van der Waals surface area contributed by atoms with Crippen LogP contribution < -0.4 is 10.2 Å². The van der Waals surface area contributed by atoms with Crippen molar-refractivity contribution in [1.82, 2.24) is 14.9 Å². The first-order valence-corrected chi connectivity index (χ1v) is 9.14. The van der Waals surface area contributed by atoms with Gasteiger partial charge >= 0.3 is 0 Å². The summed E-state index contributed by atoms with van der Waals surface area (Å²) >= 11 is 17.7. The van der Waals surface area contributed by atoms with Gasteiger partial charge in [0, 0.05) is 10.6 Å². The number of aromatic nitrogens is 3. The van der Waals surface area contributed by atoms with Gasteiger partial charge in [-0.05, 0) is 43.8 Å². The van der Waals surface area contributed by atoms with Crippen LogP contribution in [0.25, 0.3) is 0 Å². The summed E-state index contributed by atoms with van der Waals surface area (Å²) in [6.07, 6.45) is 0. The van der Waals surface area contributed by atoms with Crippen LogP contribution in [-0.4, -0.2) is 14.9 Å². The highest BCUT2D eigenvalue weighted by Gasteiger charge is 2.12. The molecule has 0 aliphatic heterocycles. The van der Waals surface area contributed by atoms with E-state index >= 15 is 0 Å². The molecule has 3 aromatic rings. The topological polar surface area (TPSA) is 54.9 Å². The van der Waals surface area contributed by atoms with E-state index in [4.69, 9.17) is 40.2 Å². The Labute approximate surface area is 166 Å². The van der Waals surface area contributed by atoms with Crippen LogP contribution in [0.4, 0.5) is 0 Å². The molecule has 5 nitrogen and oxygen atoms in total. The second kappa shape index (κ2) is 8.12. The Balaban J connectivity index is 1.80. The number of hydrogen-bond donors (Lipinski definition) is 2. The van der Waals surface area contributed by atoms with Gasteiger partial charge in [-0.25, -0.2) is 4.68 Å². The molecule has 136 valence electrons. The summed E-state index contributed by atoms with van der Waals surface area (Å²) in [5, 5.41) is 7.81. The number of halogens is 2. The number of nitrogens with zero attached hydrogens (tertiary/aromatic N) is 2. The Bertz CT molecular complexity index is 966. The average Bonchev–Trinajstić information content (AvgIpc) is 2.91. The van der Waals surface area contributed by atoms with Crippen LogP contribution in [0.3, 0.4) is 0 Å². The van der Waals surface area contributed by atoms with Crippen molar-refractivity contribution >= 4 is 35.4 Å². The van der Waals surface area contributed by atoms with Crippen LogP contribution in [0.15, 0.2) is 36.4 Å². The maximum atomic E-state index is 6.37. The van der Waals surface area contributed by atoms with Gasteiger partial charge in [-0.15, -0.1) is 0 Å². The first-order valence-electron chi connectivity index (χ1n) is 7.98. The molecule has 0 saturated heterocycles. The van der Waals surface area contributed by atoms with E-state index in [9.17, 15) is 0 Å². The molecule has 1 heterocycles. The Morgan fingerprint density at radius 1 is 1.19 bits per heavy atom. The SMILES string of the molecule is Cc1ccc(COc2c(Cl)cc(Cl)cc2CNn2c(C)n[nH]c2=S)cc1. The summed E-state index contributed by atoms with van der Waals surface area (Å²) in [5.74, 6) is 1.32. The van der Waals surface area contributed by atoms with Gasteiger partial charge in [-0.1, -0.05) is 53.0 Å². The van der Waals surface area contributed by atoms with Gasteiger partial charge in [-0.2, -0.15) is 5.10 Å². The smallest absolute Gasteiger partial charge is 0.214 e.